The van der Waals surface area contributed by atoms with E-state index in [1.165, 1.54) is 0 Å². The zero-order chi connectivity index (χ0) is 21.4. The third kappa shape index (κ3) is 3.95. The summed E-state index contributed by atoms with van der Waals surface area (Å²) in [5.41, 5.74) is 7.27. The Labute approximate surface area is 185 Å². The van der Waals surface area contributed by atoms with Gasteiger partial charge in [0.15, 0.2) is 0 Å². The van der Waals surface area contributed by atoms with Gasteiger partial charge in [0.1, 0.15) is 23.6 Å². The van der Waals surface area contributed by atoms with Crippen LogP contribution >= 0.6 is 11.6 Å². The molecule has 1 fully saturated rings. The Kier molecular flexibility index (Phi) is 5.23. The van der Waals surface area contributed by atoms with E-state index in [2.05, 4.69) is 24.6 Å². The number of piperidine rings is 1. The summed E-state index contributed by atoms with van der Waals surface area (Å²) in [4.78, 5) is 18.2. The Bertz CT molecular complexity index is 1090. The smallest absolute Gasteiger partial charge is 0.404 e. The molecule has 1 saturated heterocycles. The van der Waals surface area contributed by atoms with Gasteiger partial charge in [-0.25, -0.2) is 9.78 Å². The average Bonchev–Trinajstić information content (AvgIpc) is 3.11. The van der Waals surface area contributed by atoms with Gasteiger partial charge in [-0.15, -0.1) is 10.2 Å². The van der Waals surface area contributed by atoms with Crippen LogP contribution in [0.25, 0.3) is 5.69 Å². The summed E-state index contributed by atoms with van der Waals surface area (Å²) in [7, 11) is 0. The van der Waals surface area contributed by atoms with E-state index in [1.54, 1.807) is 0 Å². The van der Waals surface area contributed by atoms with Crippen molar-refractivity contribution in [1.29, 1.82) is 0 Å². The van der Waals surface area contributed by atoms with Gasteiger partial charge in [-0.05, 0) is 48.7 Å². The fourth-order valence-electron chi connectivity index (χ4n) is 4.60. The van der Waals surface area contributed by atoms with Crippen molar-refractivity contribution in [2.24, 2.45) is 5.73 Å². The van der Waals surface area contributed by atoms with Crippen molar-refractivity contribution >= 4 is 23.5 Å². The highest BCUT2D eigenvalue weighted by atomic mass is 35.5. The second-order valence-electron chi connectivity index (χ2n) is 8.00. The lowest BCUT2D eigenvalue weighted by Crippen LogP contribution is -2.34. The Hall–Kier alpha value is -3.13. The molecule has 160 valence electrons. The zero-order valence-corrected chi connectivity index (χ0v) is 17.7. The molecule has 2 aromatic heterocycles. The van der Waals surface area contributed by atoms with Gasteiger partial charge in [0, 0.05) is 43.1 Å². The summed E-state index contributed by atoms with van der Waals surface area (Å²) in [6.07, 6.45) is 3.53. The molecule has 1 atom stereocenters. The number of hydrogen-bond acceptors (Lipinski definition) is 6. The van der Waals surface area contributed by atoms with E-state index in [0.29, 0.717) is 17.9 Å². The molecule has 4 heterocycles. The monoisotopic (exact) mass is 438 g/mol. The molecule has 1 unspecified atom stereocenters. The third-order valence-electron chi connectivity index (χ3n) is 6.01. The molecule has 31 heavy (non-hydrogen) atoms. The topological polar surface area (TPSA) is 99.2 Å². The largest absolute Gasteiger partial charge is 0.446 e. The first kappa shape index (κ1) is 19.8. The molecular weight excluding hydrogens is 416 g/mol. The van der Waals surface area contributed by atoms with Crippen LogP contribution in [-0.4, -0.2) is 45.0 Å². The number of amides is 1. The molecule has 3 aromatic rings. The van der Waals surface area contributed by atoms with Crippen LogP contribution in [0.2, 0.25) is 5.02 Å². The van der Waals surface area contributed by atoms with E-state index in [9.17, 15) is 4.79 Å². The molecule has 0 saturated carbocycles. The Morgan fingerprint density at radius 3 is 2.71 bits per heavy atom. The molecule has 0 bridgehead atoms. The van der Waals surface area contributed by atoms with E-state index >= 15 is 0 Å². The number of halogens is 1. The second-order valence-corrected chi connectivity index (χ2v) is 8.44. The fourth-order valence-corrected chi connectivity index (χ4v) is 4.80. The van der Waals surface area contributed by atoms with Gasteiger partial charge >= 0.3 is 6.09 Å². The van der Waals surface area contributed by atoms with Crippen LogP contribution in [0.1, 0.15) is 36.0 Å². The van der Waals surface area contributed by atoms with Gasteiger partial charge < -0.3 is 15.4 Å². The lowest BCUT2D eigenvalue weighted by atomic mass is 9.95. The highest BCUT2D eigenvalue weighted by Crippen LogP contribution is 2.34. The van der Waals surface area contributed by atoms with Crippen molar-refractivity contribution < 1.29 is 9.53 Å². The number of carbonyl (C=O) groups excluding carboxylic acids is 1. The van der Waals surface area contributed by atoms with Crippen molar-refractivity contribution in [1.82, 2.24) is 19.7 Å². The molecule has 2 aliphatic heterocycles. The lowest BCUT2D eigenvalue weighted by Gasteiger charge is -2.32. The molecule has 9 heteroatoms. The summed E-state index contributed by atoms with van der Waals surface area (Å²) in [6, 6.07) is 11.8. The highest BCUT2D eigenvalue weighted by molar-refractivity contribution is 6.30. The molecule has 8 nitrogen and oxygen atoms in total. The van der Waals surface area contributed by atoms with Gasteiger partial charge in [0.25, 0.3) is 0 Å². The van der Waals surface area contributed by atoms with Crippen LogP contribution in [0.5, 0.6) is 0 Å². The summed E-state index contributed by atoms with van der Waals surface area (Å²) >= 11 is 6.26. The van der Waals surface area contributed by atoms with E-state index in [-0.39, 0.29) is 5.92 Å². The number of carbonyl (C=O) groups is 1. The molecule has 0 aliphatic carbocycles. The van der Waals surface area contributed by atoms with Crippen LogP contribution in [0.3, 0.4) is 0 Å². The van der Waals surface area contributed by atoms with E-state index in [1.807, 2.05) is 42.6 Å². The van der Waals surface area contributed by atoms with Crippen molar-refractivity contribution in [2.75, 3.05) is 18.0 Å². The van der Waals surface area contributed by atoms with Crippen LogP contribution in [0.4, 0.5) is 10.6 Å². The highest BCUT2D eigenvalue weighted by Gasteiger charge is 2.31. The molecule has 2 N–H and O–H groups in total. The van der Waals surface area contributed by atoms with E-state index < -0.39 is 12.2 Å². The standard InChI is InChI=1S/C22H23ClN6O2/c23-16-4-5-18-15(11-16)12-17(31-22(24)30)13-20-26-27-21(29(18)20)14-6-9-28(10-7-14)19-3-1-2-8-25-19/h1-5,8,11,14,17H,6-7,9-10,12-13H2,(H2,24,30). The normalized spacial score (nSPS) is 18.7. The molecule has 5 rings (SSSR count). The van der Waals surface area contributed by atoms with Gasteiger partial charge in [-0.1, -0.05) is 17.7 Å². The van der Waals surface area contributed by atoms with Crippen molar-refractivity contribution in [3.63, 3.8) is 0 Å². The quantitative estimate of drug-likeness (QED) is 0.673. The number of hydrogen-bond donors (Lipinski definition) is 1. The minimum atomic E-state index is -0.788. The SMILES string of the molecule is NC(=O)OC1Cc2cc(Cl)ccc2-n2c(nnc2C2CCN(c3ccccn3)CC2)C1. The van der Waals surface area contributed by atoms with Gasteiger partial charge in [-0.2, -0.15) is 0 Å². The first-order valence-electron chi connectivity index (χ1n) is 10.4. The molecule has 2 aliphatic rings. The molecular formula is C22H23ClN6O2. The third-order valence-corrected chi connectivity index (χ3v) is 6.25. The summed E-state index contributed by atoms with van der Waals surface area (Å²) in [5.74, 6) is 3.00. The zero-order valence-electron chi connectivity index (χ0n) is 16.9. The predicted molar refractivity (Wildman–Crippen MR) is 117 cm³/mol. The van der Waals surface area contributed by atoms with Gasteiger partial charge in [0.05, 0.1) is 5.69 Å². The Balaban J connectivity index is 1.45. The number of pyridine rings is 1. The molecule has 0 spiro atoms. The van der Waals surface area contributed by atoms with E-state index in [0.717, 1.165) is 54.6 Å². The van der Waals surface area contributed by atoms with Gasteiger partial charge in [0.2, 0.25) is 0 Å². The van der Waals surface area contributed by atoms with Gasteiger partial charge in [-0.3, -0.25) is 4.57 Å². The summed E-state index contributed by atoms with van der Waals surface area (Å²) in [5, 5.41) is 9.68. The number of fused-ring (bicyclic) bond motifs is 3. The van der Waals surface area contributed by atoms with Crippen LogP contribution in [0, 0.1) is 0 Å². The maximum atomic E-state index is 11.4. The first-order valence-corrected chi connectivity index (χ1v) is 10.8. The minimum Gasteiger partial charge on any atom is -0.446 e. The summed E-state index contributed by atoms with van der Waals surface area (Å²) in [6.45, 7) is 1.81. The molecule has 1 amide bonds. The Morgan fingerprint density at radius 2 is 1.97 bits per heavy atom. The van der Waals surface area contributed by atoms with Crippen molar-refractivity contribution in [3.8, 4) is 5.69 Å². The predicted octanol–water partition coefficient (Wildman–Crippen LogP) is 3.26. The number of anilines is 1. The lowest BCUT2D eigenvalue weighted by molar-refractivity contribution is 0.106. The van der Waals surface area contributed by atoms with Crippen LogP contribution in [0.15, 0.2) is 42.6 Å². The second kappa shape index (κ2) is 8.19. The van der Waals surface area contributed by atoms with Crippen LogP contribution in [-0.2, 0) is 17.6 Å². The number of nitrogens with two attached hydrogens (primary N) is 1. The summed E-state index contributed by atoms with van der Waals surface area (Å²) < 4.78 is 7.47. The number of primary amides is 1. The average molecular weight is 439 g/mol. The number of benzene rings is 1. The maximum absolute atomic E-state index is 11.4. The fraction of sp³-hybridized carbons (Fsp3) is 0.364. The molecule has 1 aromatic carbocycles. The number of nitrogens with zero attached hydrogens (tertiary/aromatic N) is 5. The Morgan fingerprint density at radius 1 is 1.13 bits per heavy atom. The first-order chi connectivity index (χ1) is 15.1. The molecule has 0 radical (unpaired) electrons. The number of rotatable bonds is 3. The minimum absolute atomic E-state index is 0.276. The van der Waals surface area contributed by atoms with E-state index in [4.69, 9.17) is 22.1 Å². The van der Waals surface area contributed by atoms with Crippen molar-refractivity contribution in [3.05, 3.63) is 64.8 Å². The van der Waals surface area contributed by atoms with Crippen molar-refractivity contribution in [2.45, 2.75) is 37.7 Å². The van der Waals surface area contributed by atoms with Crippen LogP contribution < -0.4 is 10.6 Å². The maximum Gasteiger partial charge on any atom is 0.404 e. The number of ether oxygens (including phenoxy) is 1. The number of aromatic nitrogens is 4.